The molecule has 4 aliphatic rings. The molecule has 4 aliphatic carbocycles. The first-order chi connectivity index (χ1) is 14.7. The molecule has 0 spiro atoms. The zero-order valence-electron chi connectivity index (χ0n) is 18.7. The van der Waals surface area contributed by atoms with E-state index >= 15 is 0 Å². The average molecular weight is 485 g/mol. The number of hydrogen-bond donors (Lipinski definition) is 2. The van der Waals surface area contributed by atoms with Crippen molar-refractivity contribution in [2.24, 2.45) is 28.6 Å². The minimum atomic E-state index is -1.79. The lowest BCUT2D eigenvalue weighted by Crippen LogP contribution is -2.71. The summed E-state index contributed by atoms with van der Waals surface area (Å²) in [5.41, 5.74) is -2.79. The molecule has 0 radical (unpaired) electrons. The summed E-state index contributed by atoms with van der Waals surface area (Å²) < 4.78 is 4.91. The zero-order valence-corrected chi connectivity index (χ0v) is 20.2. The molecule has 3 unspecified atom stereocenters. The number of carbonyl (C=O) groups is 3. The molecule has 0 heterocycles. The second kappa shape index (κ2) is 7.39. The molecule has 0 aromatic rings. The minimum absolute atomic E-state index is 0.0819. The molecule has 4 rings (SSSR count). The van der Waals surface area contributed by atoms with E-state index < -0.39 is 63.0 Å². The van der Waals surface area contributed by atoms with E-state index in [1.165, 1.54) is 13.0 Å². The Morgan fingerprint density at radius 1 is 1.31 bits per heavy atom. The molecule has 8 heteroatoms. The van der Waals surface area contributed by atoms with Gasteiger partial charge in [-0.2, -0.15) is 0 Å². The Kier molecular flexibility index (Phi) is 5.53. The van der Waals surface area contributed by atoms with Crippen molar-refractivity contribution in [3.05, 3.63) is 23.8 Å². The van der Waals surface area contributed by atoms with Crippen molar-refractivity contribution < 1.29 is 29.3 Å². The first-order valence-electron chi connectivity index (χ1n) is 11.1. The Labute approximate surface area is 198 Å². The van der Waals surface area contributed by atoms with Gasteiger partial charge in [-0.15, -0.1) is 23.2 Å². The van der Waals surface area contributed by atoms with E-state index in [0.717, 1.165) is 5.57 Å². The molecule has 3 saturated carbocycles. The molecular formula is C24H30Cl2O6. The van der Waals surface area contributed by atoms with E-state index in [9.17, 15) is 24.6 Å². The number of fused-ring (bicyclic) bond motifs is 5. The first-order valence-corrected chi connectivity index (χ1v) is 11.9. The number of ketones is 2. The van der Waals surface area contributed by atoms with Crippen molar-refractivity contribution in [1.29, 1.82) is 0 Å². The van der Waals surface area contributed by atoms with Crippen molar-refractivity contribution in [2.75, 3.05) is 6.61 Å². The summed E-state index contributed by atoms with van der Waals surface area (Å²) in [6.07, 6.45) is 4.73. The van der Waals surface area contributed by atoms with Crippen LogP contribution in [0.25, 0.3) is 0 Å². The molecule has 0 aromatic heterocycles. The number of rotatable bonds is 3. The summed E-state index contributed by atoms with van der Waals surface area (Å²) in [6, 6.07) is 0. The summed E-state index contributed by atoms with van der Waals surface area (Å²) >= 11 is 14.3. The highest BCUT2D eigenvalue weighted by Crippen LogP contribution is 2.71. The number of halogens is 2. The molecule has 3 fully saturated rings. The molecule has 2 N–H and O–H groups in total. The van der Waals surface area contributed by atoms with Crippen LogP contribution in [0, 0.1) is 28.6 Å². The Bertz CT molecular complexity index is 945. The number of ether oxygens (including phenoxy) is 1. The van der Waals surface area contributed by atoms with Gasteiger partial charge in [0.2, 0.25) is 5.78 Å². The summed E-state index contributed by atoms with van der Waals surface area (Å²) in [7, 11) is 0. The van der Waals surface area contributed by atoms with Crippen molar-refractivity contribution >= 4 is 40.7 Å². The summed E-state index contributed by atoms with van der Waals surface area (Å²) in [6.45, 7) is 6.22. The van der Waals surface area contributed by atoms with E-state index in [1.54, 1.807) is 19.1 Å². The highest BCUT2D eigenvalue weighted by Gasteiger charge is 2.76. The topological polar surface area (TPSA) is 101 Å². The lowest BCUT2D eigenvalue weighted by Gasteiger charge is -2.64. The van der Waals surface area contributed by atoms with Crippen molar-refractivity contribution in [2.45, 2.75) is 68.9 Å². The van der Waals surface area contributed by atoms with Gasteiger partial charge in [0.15, 0.2) is 12.4 Å². The van der Waals surface area contributed by atoms with Gasteiger partial charge in [-0.3, -0.25) is 14.4 Å². The maximum Gasteiger partial charge on any atom is 0.303 e. The Morgan fingerprint density at radius 2 is 1.97 bits per heavy atom. The normalized spacial score (nSPS) is 49.6. The van der Waals surface area contributed by atoms with Crippen molar-refractivity contribution in [3.8, 4) is 0 Å². The molecule has 0 amide bonds. The molecule has 32 heavy (non-hydrogen) atoms. The van der Waals surface area contributed by atoms with E-state index in [2.05, 4.69) is 0 Å². The SMILES string of the molecule is CC(=O)OCC(=O)[C@@]1(O)C(C)C[C@H]2[C@@H]3C(Cl)CC4=CC(=O)C=C[C@]4(C)[C@@]3(Cl)C(O)C[C@@]21C. The predicted molar refractivity (Wildman–Crippen MR) is 119 cm³/mol. The standard InChI is InChI=1S/C24H30Cl2O6/c1-12-7-16-20-17(25)9-14-8-15(28)5-6-21(14,3)23(20,26)18(29)10-22(16,4)24(12,31)19(30)11-32-13(2)27/h5-6,8,12,16-18,20,29,31H,7,9-11H2,1-4H3/t12?,16-,17?,18?,20+,21-,22-,23+,24-/m0/s1. The monoisotopic (exact) mass is 484 g/mol. The van der Waals surface area contributed by atoms with Crippen molar-refractivity contribution in [1.82, 2.24) is 0 Å². The van der Waals surface area contributed by atoms with Crippen LogP contribution in [0.4, 0.5) is 0 Å². The molecule has 176 valence electrons. The first kappa shape index (κ1) is 23.9. The number of Topliss-reactive ketones (excluding diaryl/α,β-unsaturated/α-hetero) is 1. The van der Waals surface area contributed by atoms with E-state index in [-0.39, 0.29) is 18.1 Å². The third-order valence-electron chi connectivity index (χ3n) is 9.03. The number of alkyl halides is 2. The highest BCUT2D eigenvalue weighted by atomic mass is 35.5. The fourth-order valence-corrected chi connectivity index (χ4v) is 8.53. The lowest BCUT2D eigenvalue weighted by atomic mass is 9.45. The minimum Gasteiger partial charge on any atom is -0.458 e. The lowest BCUT2D eigenvalue weighted by molar-refractivity contribution is -0.182. The van der Waals surface area contributed by atoms with Crippen molar-refractivity contribution in [3.63, 3.8) is 0 Å². The third kappa shape index (κ3) is 2.82. The molecule has 9 atom stereocenters. The number of esters is 1. The Balaban J connectivity index is 1.80. The van der Waals surface area contributed by atoms with Crippen LogP contribution < -0.4 is 0 Å². The average Bonchev–Trinajstić information content (AvgIpc) is 2.89. The molecular weight excluding hydrogens is 455 g/mol. The van der Waals surface area contributed by atoms with Gasteiger partial charge >= 0.3 is 5.97 Å². The van der Waals surface area contributed by atoms with E-state index in [1.807, 2.05) is 13.8 Å². The summed E-state index contributed by atoms with van der Waals surface area (Å²) in [5.74, 6) is -2.42. The summed E-state index contributed by atoms with van der Waals surface area (Å²) in [4.78, 5) is 35.3. The fourth-order valence-electron chi connectivity index (χ4n) is 7.36. The van der Waals surface area contributed by atoms with Gasteiger partial charge in [0.1, 0.15) is 5.60 Å². The quantitative estimate of drug-likeness (QED) is 0.471. The summed E-state index contributed by atoms with van der Waals surface area (Å²) in [5, 5.41) is 22.9. The number of aliphatic hydroxyl groups is 2. The molecule has 0 bridgehead atoms. The van der Waals surface area contributed by atoms with Crippen LogP contribution in [-0.2, 0) is 19.1 Å². The van der Waals surface area contributed by atoms with Crippen LogP contribution in [0.15, 0.2) is 23.8 Å². The van der Waals surface area contributed by atoms with Crippen LogP contribution in [0.2, 0.25) is 0 Å². The van der Waals surface area contributed by atoms with Gasteiger partial charge in [-0.1, -0.05) is 32.4 Å². The van der Waals surface area contributed by atoms with Crippen LogP contribution >= 0.6 is 23.2 Å². The Hall–Kier alpha value is -1.21. The van der Waals surface area contributed by atoms with E-state index in [4.69, 9.17) is 27.9 Å². The maximum atomic E-state index is 13.2. The van der Waals surface area contributed by atoms with Gasteiger partial charge in [-0.25, -0.2) is 0 Å². The molecule has 0 aromatic carbocycles. The number of allylic oxidation sites excluding steroid dienone is 4. The second-order valence-corrected chi connectivity index (χ2v) is 11.7. The van der Waals surface area contributed by atoms with Gasteiger partial charge < -0.3 is 14.9 Å². The molecule has 0 aliphatic heterocycles. The fraction of sp³-hybridized carbons (Fsp3) is 0.708. The smallest absolute Gasteiger partial charge is 0.303 e. The van der Waals surface area contributed by atoms with Crippen LogP contribution in [-0.4, -0.2) is 56.3 Å². The van der Waals surface area contributed by atoms with Gasteiger partial charge in [0.25, 0.3) is 0 Å². The largest absolute Gasteiger partial charge is 0.458 e. The Morgan fingerprint density at radius 3 is 2.59 bits per heavy atom. The zero-order chi connectivity index (χ0) is 23.9. The number of carbonyl (C=O) groups excluding carboxylic acids is 3. The number of aliphatic hydroxyl groups excluding tert-OH is 1. The number of hydrogen-bond acceptors (Lipinski definition) is 6. The third-order valence-corrected chi connectivity index (χ3v) is 10.3. The van der Waals surface area contributed by atoms with Gasteiger partial charge in [0, 0.05) is 29.0 Å². The van der Waals surface area contributed by atoms with Crippen LogP contribution in [0.5, 0.6) is 0 Å². The molecule has 0 saturated heterocycles. The predicted octanol–water partition coefficient (Wildman–Crippen LogP) is 2.95. The highest BCUT2D eigenvalue weighted by molar-refractivity contribution is 6.28. The second-order valence-electron chi connectivity index (χ2n) is 10.5. The van der Waals surface area contributed by atoms with Gasteiger partial charge in [-0.05, 0) is 43.3 Å². The van der Waals surface area contributed by atoms with Crippen LogP contribution in [0.3, 0.4) is 0 Å². The van der Waals surface area contributed by atoms with Crippen LogP contribution in [0.1, 0.15) is 47.0 Å². The molecule has 6 nitrogen and oxygen atoms in total. The maximum absolute atomic E-state index is 13.2. The van der Waals surface area contributed by atoms with E-state index in [0.29, 0.717) is 12.8 Å². The van der Waals surface area contributed by atoms with Gasteiger partial charge in [0.05, 0.1) is 11.0 Å².